The fourth-order valence-electron chi connectivity index (χ4n) is 3.29. The first-order valence-electron chi connectivity index (χ1n) is 8.26. The first-order chi connectivity index (χ1) is 9.96. The molecule has 0 saturated carbocycles. The molecule has 1 amide bonds. The number of rotatable bonds is 5. The lowest BCUT2D eigenvalue weighted by atomic mass is 9.88. The normalized spacial score (nSPS) is 25.6. The zero-order valence-corrected chi connectivity index (χ0v) is 15.4. The Kier molecular flexibility index (Phi) is 7.65. The lowest BCUT2D eigenvalue weighted by Crippen LogP contribution is -2.61. The molecule has 0 aromatic rings. The molecule has 130 valence electrons. The Morgan fingerprint density at radius 2 is 2.00 bits per heavy atom. The molecule has 2 saturated heterocycles. The Morgan fingerprint density at radius 1 is 1.36 bits per heavy atom. The summed E-state index contributed by atoms with van der Waals surface area (Å²) in [5.74, 6) is 0.135. The molecule has 2 aliphatic heterocycles. The third kappa shape index (κ3) is 4.85. The van der Waals surface area contributed by atoms with Crippen molar-refractivity contribution in [2.75, 3.05) is 39.3 Å². The Hall–Kier alpha value is -0.300. The monoisotopic (exact) mass is 332 g/mol. The Morgan fingerprint density at radius 3 is 2.55 bits per heavy atom. The van der Waals surface area contributed by atoms with E-state index in [0.29, 0.717) is 6.10 Å². The van der Waals surface area contributed by atoms with Gasteiger partial charge in [0, 0.05) is 32.7 Å². The average molecular weight is 333 g/mol. The summed E-state index contributed by atoms with van der Waals surface area (Å²) < 4.78 is 11.7. The number of morpholine rings is 1. The van der Waals surface area contributed by atoms with Crippen molar-refractivity contribution in [3.05, 3.63) is 0 Å². The summed E-state index contributed by atoms with van der Waals surface area (Å²) in [5.41, 5.74) is -0.126. The second kappa shape index (κ2) is 8.52. The molecular formula is C16H32N2O3S. The maximum Gasteiger partial charge on any atom is 0.251 e. The van der Waals surface area contributed by atoms with E-state index in [-0.39, 0.29) is 31.1 Å². The first kappa shape index (κ1) is 19.7. The number of likely N-dealkylation sites (N-methyl/N-ethyl adjacent to an activating group) is 1. The zero-order valence-electron chi connectivity index (χ0n) is 14.4. The molecule has 0 radical (unpaired) electrons. The standard InChI is InChI=1S/C16H30N2O3.H2S/c1-5-18-12-16(21-14(4)15(18)19)6-8-17(9-7-16)10-11-20-13(2)3;/h13-14H,5-12H2,1-4H3;1H2/t14-;/m0./s1. The van der Waals surface area contributed by atoms with Crippen LogP contribution in [0.4, 0.5) is 0 Å². The van der Waals surface area contributed by atoms with Gasteiger partial charge in [0.05, 0.1) is 18.3 Å². The highest BCUT2D eigenvalue weighted by Crippen LogP contribution is 2.32. The minimum atomic E-state index is -0.297. The van der Waals surface area contributed by atoms with Crippen LogP contribution in [0.1, 0.15) is 40.5 Å². The minimum absolute atomic E-state index is 0. The van der Waals surface area contributed by atoms with Crippen LogP contribution in [0.3, 0.4) is 0 Å². The van der Waals surface area contributed by atoms with Crippen LogP contribution in [-0.2, 0) is 14.3 Å². The van der Waals surface area contributed by atoms with Gasteiger partial charge >= 0.3 is 0 Å². The van der Waals surface area contributed by atoms with Gasteiger partial charge in [0.25, 0.3) is 5.91 Å². The van der Waals surface area contributed by atoms with Crippen LogP contribution in [-0.4, -0.2) is 72.8 Å². The van der Waals surface area contributed by atoms with Crippen molar-refractivity contribution in [3.63, 3.8) is 0 Å². The topological polar surface area (TPSA) is 42.0 Å². The van der Waals surface area contributed by atoms with Gasteiger partial charge in [-0.05, 0) is 40.5 Å². The first-order valence-corrected chi connectivity index (χ1v) is 8.26. The van der Waals surface area contributed by atoms with E-state index in [1.807, 2.05) is 18.7 Å². The SMILES string of the molecule is CCN1CC2(CCN(CCOC(C)C)CC2)O[C@@H](C)C1=O.S. The summed E-state index contributed by atoms with van der Waals surface area (Å²) >= 11 is 0. The number of hydrogen-bond donors (Lipinski definition) is 0. The average Bonchev–Trinajstić information content (AvgIpc) is 2.45. The van der Waals surface area contributed by atoms with Crippen LogP contribution >= 0.6 is 13.5 Å². The fourth-order valence-corrected chi connectivity index (χ4v) is 3.29. The predicted molar refractivity (Wildman–Crippen MR) is 92.7 cm³/mol. The number of carbonyl (C=O) groups is 1. The molecule has 5 nitrogen and oxygen atoms in total. The molecule has 1 spiro atoms. The van der Waals surface area contributed by atoms with Gasteiger partial charge in [-0.25, -0.2) is 0 Å². The molecule has 0 aliphatic carbocycles. The molecule has 2 fully saturated rings. The van der Waals surface area contributed by atoms with Crippen molar-refractivity contribution in [2.24, 2.45) is 0 Å². The summed E-state index contributed by atoms with van der Waals surface area (Å²) in [6.45, 7) is 13.4. The van der Waals surface area contributed by atoms with Crippen molar-refractivity contribution in [1.29, 1.82) is 0 Å². The van der Waals surface area contributed by atoms with E-state index in [2.05, 4.69) is 18.7 Å². The third-order valence-corrected chi connectivity index (χ3v) is 4.57. The van der Waals surface area contributed by atoms with E-state index in [9.17, 15) is 4.79 Å². The van der Waals surface area contributed by atoms with Crippen molar-refractivity contribution in [3.8, 4) is 0 Å². The van der Waals surface area contributed by atoms with E-state index < -0.39 is 0 Å². The van der Waals surface area contributed by atoms with E-state index in [1.54, 1.807) is 0 Å². The van der Waals surface area contributed by atoms with Crippen LogP contribution < -0.4 is 0 Å². The summed E-state index contributed by atoms with van der Waals surface area (Å²) in [7, 11) is 0. The lowest BCUT2D eigenvalue weighted by Gasteiger charge is -2.48. The molecule has 0 N–H and O–H groups in total. The molecule has 0 aromatic carbocycles. The van der Waals surface area contributed by atoms with Gasteiger partial charge < -0.3 is 19.3 Å². The van der Waals surface area contributed by atoms with Gasteiger partial charge in [-0.1, -0.05) is 0 Å². The second-order valence-corrected chi connectivity index (χ2v) is 6.56. The molecule has 1 atom stereocenters. The van der Waals surface area contributed by atoms with Gasteiger partial charge in [-0.15, -0.1) is 0 Å². The maximum atomic E-state index is 12.0. The van der Waals surface area contributed by atoms with Gasteiger partial charge in [-0.3, -0.25) is 4.79 Å². The van der Waals surface area contributed by atoms with Gasteiger partial charge in [0.1, 0.15) is 6.10 Å². The number of ether oxygens (including phenoxy) is 2. The van der Waals surface area contributed by atoms with E-state index in [0.717, 1.165) is 52.2 Å². The predicted octanol–water partition coefficient (Wildman–Crippen LogP) is 1.63. The molecule has 2 rings (SSSR count). The number of amides is 1. The lowest BCUT2D eigenvalue weighted by molar-refractivity contribution is -0.189. The van der Waals surface area contributed by atoms with Crippen molar-refractivity contribution in [2.45, 2.75) is 58.3 Å². The van der Waals surface area contributed by atoms with E-state index in [1.165, 1.54) is 0 Å². The van der Waals surface area contributed by atoms with Crippen LogP contribution in [0.15, 0.2) is 0 Å². The summed E-state index contributed by atoms with van der Waals surface area (Å²) in [6.07, 6.45) is 2.01. The van der Waals surface area contributed by atoms with Gasteiger partial charge in [-0.2, -0.15) is 13.5 Å². The molecular weight excluding hydrogens is 300 g/mol. The van der Waals surface area contributed by atoms with Crippen LogP contribution in [0.2, 0.25) is 0 Å². The van der Waals surface area contributed by atoms with Crippen molar-refractivity contribution < 1.29 is 14.3 Å². The number of carbonyl (C=O) groups excluding carboxylic acids is 1. The minimum Gasteiger partial charge on any atom is -0.377 e. The molecule has 0 bridgehead atoms. The van der Waals surface area contributed by atoms with E-state index >= 15 is 0 Å². The highest BCUT2D eigenvalue weighted by Gasteiger charge is 2.44. The van der Waals surface area contributed by atoms with Crippen LogP contribution in [0.5, 0.6) is 0 Å². The number of likely N-dealkylation sites (tertiary alicyclic amines) is 1. The summed E-state index contributed by atoms with van der Waals surface area (Å²) in [6, 6.07) is 0. The largest absolute Gasteiger partial charge is 0.377 e. The van der Waals surface area contributed by atoms with Crippen LogP contribution in [0, 0.1) is 0 Å². The fraction of sp³-hybridized carbons (Fsp3) is 0.938. The molecule has 2 heterocycles. The Labute approximate surface area is 141 Å². The van der Waals surface area contributed by atoms with Gasteiger partial charge in [0.15, 0.2) is 0 Å². The maximum absolute atomic E-state index is 12.0. The van der Waals surface area contributed by atoms with Crippen LogP contribution in [0.25, 0.3) is 0 Å². The van der Waals surface area contributed by atoms with Crippen molar-refractivity contribution >= 4 is 19.4 Å². The zero-order chi connectivity index (χ0) is 15.5. The van der Waals surface area contributed by atoms with Crippen molar-refractivity contribution in [1.82, 2.24) is 9.80 Å². The summed E-state index contributed by atoms with van der Waals surface area (Å²) in [4.78, 5) is 16.4. The molecule has 2 aliphatic rings. The molecule has 6 heteroatoms. The summed E-state index contributed by atoms with van der Waals surface area (Å²) in [5, 5.41) is 0. The molecule has 0 unspecified atom stereocenters. The molecule has 0 aromatic heterocycles. The molecule has 22 heavy (non-hydrogen) atoms. The smallest absolute Gasteiger partial charge is 0.251 e. The number of hydrogen-bond acceptors (Lipinski definition) is 4. The Balaban J connectivity index is 0.00000242. The highest BCUT2D eigenvalue weighted by molar-refractivity contribution is 7.59. The number of nitrogens with zero attached hydrogens (tertiary/aromatic N) is 2. The van der Waals surface area contributed by atoms with Gasteiger partial charge in [0.2, 0.25) is 0 Å². The third-order valence-electron chi connectivity index (χ3n) is 4.57. The van der Waals surface area contributed by atoms with E-state index in [4.69, 9.17) is 9.47 Å². The number of piperidine rings is 1. The quantitative estimate of drug-likeness (QED) is 0.767. The second-order valence-electron chi connectivity index (χ2n) is 6.56. The Bertz CT molecular complexity index is 357. The highest BCUT2D eigenvalue weighted by atomic mass is 32.1.